The maximum Gasteiger partial charge on any atom is 0.366 e. The van der Waals surface area contributed by atoms with Crippen LogP contribution in [0.2, 0.25) is 0 Å². The molecule has 0 aliphatic carbocycles. The van der Waals surface area contributed by atoms with E-state index in [1.165, 1.54) is 0 Å². The maximum atomic E-state index is 12.5. The SMILES string of the molecule is C/C(=N\OC(=O)c1cccc2ccccc12)c1ccccc1.C=C(C)C(=O)O/N=C(\C)c1ccccc1.O=C(CCl)O/N=C(\C(=N/OC(=O)CCl)c1ccccc1)c1ccccc1.O=C(O/N=C(\C(=N/OC(=O)c1ccccc1)c1ccccc1)c1ccccc1)c1ccccc1.O=C(O/N=C(\c1ccccc1)c1cccc[nH+]1)c1ccccc1.[Cl-]. The van der Waals surface area contributed by atoms with Crippen molar-refractivity contribution in [3.63, 3.8) is 0 Å². The van der Waals surface area contributed by atoms with Crippen LogP contribution in [0.4, 0.5) is 0 Å². The largest absolute Gasteiger partial charge is 1.00 e. The molecule has 1 heterocycles. The molecule has 121 heavy (non-hydrogen) atoms. The molecule has 1 N–H and O–H groups in total. The van der Waals surface area contributed by atoms with Crippen LogP contribution in [0.15, 0.2) is 418 Å². The number of pyridine rings is 1. The molecule has 0 fully saturated rings. The summed E-state index contributed by atoms with van der Waals surface area (Å²) in [6.07, 6.45) is 1.80. The van der Waals surface area contributed by atoms with Crippen molar-refractivity contribution in [2.75, 3.05) is 11.8 Å². The lowest BCUT2D eigenvalue weighted by molar-refractivity contribution is -0.380. The number of H-pyrrole nitrogens is 1. The molecule has 13 rings (SSSR count). The molecule has 0 radical (unpaired) electrons. The fourth-order valence-corrected chi connectivity index (χ4v) is 10.4. The zero-order valence-corrected chi connectivity index (χ0v) is 67.6. The summed E-state index contributed by atoms with van der Waals surface area (Å²) >= 11 is 10.9. The number of alkyl halides is 2. The smallest absolute Gasteiger partial charge is 0.366 e. The third-order valence-electron chi connectivity index (χ3n) is 16.3. The summed E-state index contributed by atoms with van der Waals surface area (Å²) in [6.45, 7) is 8.63. The van der Waals surface area contributed by atoms with Crippen LogP contribution >= 0.6 is 23.2 Å². The van der Waals surface area contributed by atoms with Crippen molar-refractivity contribution in [3.05, 3.63) is 449 Å². The molecule has 25 heteroatoms. The van der Waals surface area contributed by atoms with Crippen LogP contribution in [0.5, 0.6) is 0 Å². The minimum atomic E-state index is -0.731. The average molecular weight is 1670 g/mol. The fourth-order valence-electron chi connectivity index (χ4n) is 10.3. The van der Waals surface area contributed by atoms with E-state index in [1.54, 1.807) is 184 Å². The highest BCUT2D eigenvalue weighted by Gasteiger charge is 2.23. The first-order chi connectivity index (χ1) is 58.6. The van der Waals surface area contributed by atoms with Gasteiger partial charge in [0, 0.05) is 45.5 Å². The number of aromatic nitrogens is 1. The minimum Gasteiger partial charge on any atom is -1.00 e. The van der Waals surface area contributed by atoms with E-state index in [4.69, 9.17) is 52.2 Å². The van der Waals surface area contributed by atoms with Crippen LogP contribution in [-0.4, -0.2) is 93.5 Å². The zero-order valence-electron chi connectivity index (χ0n) is 65.3. The molecule has 606 valence electrons. The summed E-state index contributed by atoms with van der Waals surface area (Å²) in [5.74, 6) is -4.87. The summed E-state index contributed by atoms with van der Waals surface area (Å²) in [7, 11) is 0. The number of rotatable bonds is 24. The highest BCUT2D eigenvalue weighted by molar-refractivity contribution is 6.54. The second-order valence-corrected chi connectivity index (χ2v) is 25.4. The number of benzene rings is 12. The Morgan fingerprint density at radius 2 is 0.570 bits per heavy atom. The maximum absolute atomic E-state index is 12.5. The van der Waals surface area contributed by atoms with Crippen molar-refractivity contribution in [1.29, 1.82) is 0 Å². The summed E-state index contributed by atoms with van der Waals surface area (Å²) in [5, 5.41) is 29.6. The van der Waals surface area contributed by atoms with Gasteiger partial charge in [0.25, 0.3) is 0 Å². The molecule has 12 aromatic carbocycles. The molecule has 0 bridgehead atoms. The van der Waals surface area contributed by atoms with E-state index in [2.05, 4.69) is 52.5 Å². The first-order valence-electron chi connectivity index (χ1n) is 36.8. The van der Waals surface area contributed by atoms with Gasteiger partial charge in [-0.25, -0.2) is 38.5 Å². The second kappa shape index (κ2) is 50.2. The number of hydrogen-bond donors (Lipinski definition) is 0. The average Bonchev–Trinajstić information content (AvgIpc) is 0.843. The lowest BCUT2D eigenvalue weighted by Crippen LogP contribution is -3.00. The van der Waals surface area contributed by atoms with Crippen molar-refractivity contribution in [3.8, 4) is 0 Å². The Bertz CT molecular complexity index is 5550. The van der Waals surface area contributed by atoms with Crippen LogP contribution in [0.25, 0.3) is 10.8 Å². The summed E-state index contributed by atoms with van der Waals surface area (Å²) in [4.78, 5) is 121. The van der Waals surface area contributed by atoms with Gasteiger partial charge in [0.15, 0.2) is 11.9 Å². The van der Waals surface area contributed by atoms with Gasteiger partial charge in [-0.3, -0.25) is 0 Å². The van der Waals surface area contributed by atoms with E-state index in [9.17, 15) is 33.6 Å². The Balaban J connectivity index is 0.000000192. The Hall–Kier alpha value is -15.4. The number of nitrogens with one attached hydrogen (secondary N) is 1. The molecule has 0 saturated heterocycles. The van der Waals surface area contributed by atoms with Gasteiger partial charge in [0.05, 0.1) is 33.7 Å². The Labute approximate surface area is 714 Å². The standard InChI is InChI=1S/C28H20N2O4.C19H14N2O2.C19H15NO2.C18H14Cl2N2O4.C12H13NO2.ClH/c31-27(23-17-9-3-10-18-23)33-29-25(21-13-5-1-6-14-21)26(22-15-7-2-8-16-22)30-34-28(32)24-19-11-4-12-20-24;22-19(16-11-5-2-6-12-16)23-21-18(15-9-3-1-4-10-15)17-13-7-8-14-20-17;1-14(15-8-3-2-4-9-15)20-22-19(21)18-13-7-11-16-10-5-6-12-17(16)18;19-11-15(23)25-21-17(13-7-3-1-4-8-13)18(22-26-16(24)12-20)14-9-5-2-6-10-14;1-9(2)12(14)15-13-10(3)11-7-5-4-6-8-11;/h1-20H;1-14H;2-13H,1H3;1-10H,11-12H2;4-8H,1H2,2-3H3;1H/b29-25-,30-26-;21-18+;20-14+;21-17-,22-18-;13-10+;. The molecule has 0 saturated carbocycles. The highest BCUT2D eigenvalue weighted by Crippen LogP contribution is 2.21. The van der Waals surface area contributed by atoms with Crippen LogP contribution in [0, 0.1) is 0 Å². The van der Waals surface area contributed by atoms with Crippen LogP contribution < -0.4 is 17.4 Å². The molecular weight excluding hydrogens is 1600 g/mol. The van der Waals surface area contributed by atoms with E-state index in [0.29, 0.717) is 67.2 Å². The number of hydrogen-bond acceptors (Lipinski definition) is 21. The van der Waals surface area contributed by atoms with Gasteiger partial charge < -0.3 is 46.3 Å². The molecule has 0 amide bonds. The molecular formula is C96H77Cl3N8O14. The predicted octanol–water partition coefficient (Wildman–Crippen LogP) is 15.9. The predicted molar refractivity (Wildman–Crippen MR) is 464 cm³/mol. The van der Waals surface area contributed by atoms with Gasteiger partial charge in [-0.2, -0.15) is 0 Å². The van der Waals surface area contributed by atoms with Gasteiger partial charge >= 0.3 is 41.8 Å². The number of oxime groups is 7. The van der Waals surface area contributed by atoms with E-state index in [0.717, 1.165) is 33.2 Å². The van der Waals surface area contributed by atoms with E-state index >= 15 is 0 Å². The summed E-state index contributed by atoms with van der Waals surface area (Å²) < 4.78 is 0. The molecule has 0 spiro atoms. The molecule has 0 unspecified atom stereocenters. The molecule has 0 aliphatic rings. The molecule has 1 aromatic heterocycles. The van der Waals surface area contributed by atoms with Gasteiger partial charge in [0.2, 0.25) is 5.69 Å². The Kier molecular flexibility index (Phi) is 37.8. The highest BCUT2D eigenvalue weighted by atomic mass is 35.5. The zero-order chi connectivity index (χ0) is 84.9. The number of carbonyl (C=O) groups excluding carboxylic acids is 7. The number of aromatic amines is 1. The van der Waals surface area contributed by atoms with Crippen LogP contribution in [0.1, 0.15) is 107 Å². The topological polar surface area (TPSA) is 285 Å². The molecule has 22 nitrogen and oxygen atoms in total. The van der Waals surface area contributed by atoms with Crippen molar-refractivity contribution in [1.82, 2.24) is 0 Å². The van der Waals surface area contributed by atoms with Gasteiger partial charge in [-0.1, -0.05) is 346 Å². The fraction of sp³-hybridized carbons (Fsp3) is 0.0521. The molecule has 0 aliphatic heterocycles. The minimum absolute atomic E-state index is 0. The van der Waals surface area contributed by atoms with Crippen molar-refractivity contribution < 1.29 is 84.8 Å². The first kappa shape index (κ1) is 91.2. The summed E-state index contributed by atoms with van der Waals surface area (Å²) in [5.41, 5.74) is 10.7. The third-order valence-corrected chi connectivity index (χ3v) is 16.7. The third kappa shape index (κ3) is 29.7. The van der Waals surface area contributed by atoms with Crippen LogP contribution in [0.3, 0.4) is 0 Å². The van der Waals surface area contributed by atoms with Gasteiger partial charge in [0.1, 0.15) is 34.6 Å². The quantitative estimate of drug-likeness (QED) is 0.0179. The Morgan fingerprint density at radius 1 is 0.289 bits per heavy atom. The number of carbonyl (C=O) groups is 7. The lowest BCUT2D eigenvalue weighted by Gasteiger charge is -2.10. The van der Waals surface area contributed by atoms with Crippen molar-refractivity contribution in [2.45, 2.75) is 20.8 Å². The Morgan fingerprint density at radius 3 is 0.909 bits per heavy atom. The molecule has 13 aromatic rings. The van der Waals surface area contributed by atoms with Crippen molar-refractivity contribution >= 4 is 116 Å². The van der Waals surface area contributed by atoms with E-state index in [1.807, 2.05) is 207 Å². The van der Waals surface area contributed by atoms with Crippen molar-refractivity contribution in [2.24, 2.45) is 36.1 Å². The van der Waals surface area contributed by atoms with E-state index in [-0.39, 0.29) is 47.0 Å². The van der Waals surface area contributed by atoms with E-state index < -0.39 is 41.8 Å². The lowest BCUT2D eigenvalue weighted by atomic mass is 10.00. The number of nitrogens with zero attached hydrogens (tertiary/aromatic N) is 7. The van der Waals surface area contributed by atoms with Gasteiger partial charge in [-0.15, -0.1) is 23.2 Å². The molecule has 0 atom stereocenters. The van der Waals surface area contributed by atoms with Crippen LogP contribution in [-0.2, 0) is 48.2 Å². The number of halogens is 3. The first-order valence-corrected chi connectivity index (χ1v) is 37.9. The summed E-state index contributed by atoms with van der Waals surface area (Å²) in [6, 6.07) is 109. The second-order valence-electron chi connectivity index (χ2n) is 24.9. The van der Waals surface area contributed by atoms with Gasteiger partial charge in [-0.05, 0) is 91.2 Å². The monoisotopic (exact) mass is 1670 g/mol. The normalized spacial score (nSPS) is 11.3. The number of fused-ring (bicyclic) bond motifs is 1.